The van der Waals surface area contributed by atoms with E-state index in [4.69, 9.17) is 34.6 Å². The lowest BCUT2D eigenvalue weighted by Gasteiger charge is -1.82. The Morgan fingerprint density at radius 3 is 1.38 bits per heavy atom. The summed E-state index contributed by atoms with van der Waals surface area (Å²) in [4.78, 5) is 31.2. The number of rotatable bonds is 3. The van der Waals surface area contributed by atoms with Gasteiger partial charge in [0.05, 0.1) is 0 Å². The van der Waals surface area contributed by atoms with E-state index in [0.29, 0.717) is 6.42 Å². The average molecular weight is 260 g/mol. The molecule has 0 spiro atoms. The fourth-order valence-corrected chi connectivity index (χ4v) is 0.0707. The quantitative estimate of drug-likeness (QED) is 0.281. The van der Waals surface area contributed by atoms with Gasteiger partial charge in [-0.1, -0.05) is 6.58 Å². The van der Waals surface area contributed by atoms with Gasteiger partial charge in [0.2, 0.25) is 0 Å². The summed E-state index contributed by atoms with van der Waals surface area (Å²) in [6.07, 6.45) is 0.500. The van der Waals surface area contributed by atoms with Crippen molar-refractivity contribution in [3.63, 3.8) is 0 Å². The van der Waals surface area contributed by atoms with Crippen LogP contribution in [0.5, 0.6) is 0 Å². The Kier molecular flexibility index (Phi) is 15.9. The highest BCUT2D eigenvalue weighted by atomic mass is 31.2. The summed E-state index contributed by atoms with van der Waals surface area (Å²) in [5.74, 6) is -0.935. The summed E-state index contributed by atoms with van der Waals surface area (Å²) in [6.45, 7) is 4.79. The zero-order valence-corrected chi connectivity index (χ0v) is 9.67. The molecule has 0 aliphatic carbocycles. The summed E-state index contributed by atoms with van der Waals surface area (Å²) in [7, 11) is -4.64. The number of carboxylic acids is 1. The Hall–Kier alpha value is -0.760. The number of aliphatic hydroxyl groups is 2. The Bertz CT molecular complexity index is 210. The molecule has 6 N–H and O–H groups in total. The van der Waals surface area contributed by atoms with E-state index in [1.807, 2.05) is 0 Å². The van der Waals surface area contributed by atoms with Crippen molar-refractivity contribution in [1.82, 2.24) is 0 Å². The first-order valence-electron chi connectivity index (χ1n) is 3.95. The highest BCUT2D eigenvalue weighted by molar-refractivity contribution is 7.45. The summed E-state index contributed by atoms with van der Waals surface area (Å²) >= 11 is 0. The number of hydrogen-bond acceptors (Lipinski definition) is 4. The number of hydrogen-bond donors (Lipinski definition) is 6. The molecule has 0 saturated carbocycles. The van der Waals surface area contributed by atoms with Crippen molar-refractivity contribution in [2.75, 3.05) is 13.2 Å². The second kappa shape index (κ2) is 12.3. The molecule has 0 aliphatic heterocycles. The maximum Gasteiger partial charge on any atom is 0.466 e. The molecule has 0 unspecified atom stereocenters. The van der Waals surface area contributed by atoms with Crippen LogP contribution in [0.1, 0.15) is 13.3 Å². The summed E-state index contributed by atoms with van der Waals surface area (Å²) in [6, 6.07) is 0. The summed E-state index contributed by atoms with van der Waals surface area (Å²) < 4.78 is 8.88. The van der Waals surface area contributed by atoms with Gasteiger partial charge >= 0.3 is 13.8 Å². The van der Waals surface area contributed by atoms with Crippen molar-refractivity contribution in [2.45, 2.75) is 13.3 Å². The maximum absolute atomic E-state index is 9.60. The smallest absolute Gasteiger partial charge is 0.466 e. The van der Waals surface area contributed by atoms with Gasteiger partial charge in [-0.15, -0.1) is 0 Å². The monoisotopic (exact) mass is 260 g/mol. The fraction of sp³-hybridized carbons (Fsp3) is 0.571. The van der Waals surface area contributed by atoms with E-state index in [1.54, 1.807) is 0 Å². The minimum atomic E-state index is -4.64. The van der Waals surface area contributed by atoms with E-state index in [2.05, 4.69) is 6.58 Å². The molecule has 98 valence electrons. The molecule has 0 radical (unpaired) electrons. The topological polar surface area (TPSA) is 156 Å². The molecule has 16 heavy (non-hydrogen) atoms. The van der Waals surface area contributed by atoms with Crippen LogP contribution >= 0.6 is 7.82 Å². The van der Waals surface area contributed by atoms with E-state index in [1.165, 1.54) is 6.92 Å². The second-order valence-electron chi connectivity index (χ2n) is 2.40. The Balaban J connectivity index is -0.000000160. The van der Waals surface area contributed by atoms with Crippen LogP contribution < -0.4 is 0 Å². The lowest BCUT2D eigenvalue weighted by atomic mass is 10.4. The first-order chi connectivity index (χ1) is 7.06. The van der Waals surface area contributed by atoms with Gasteiger partial charge in [0.1, 0.15) is 0 Å². The van der Waals surface area contributed by atoms with Crippen LogP contribution in [0.15, 0.2) is 12.2 Å². The van der Waals surface area contributed by atoms with Crippen molar-refractivity contribution < 1.29 is 39.4 Å². The zero-order chi connectivity index (χ0) is 13.8. The maximum atomic E-state index is 9.60. The third-order valence-electron chi connectivity index (χ3n) is 0.681. The van der Waals surface area contributed by atoms with E-state index < -0.39 is 13.8 Å². The molecule has 8 nitrogen and oxygen atoms in total. The molecule has 0 amide bonds. The number of aliphatic carboxylic acids is 1. The lowest BCUT2D eigenvalue weighted by molar-refractivity contribution is -0.132. The largest absolute Gasteiger partial charge is 0.478 e. The highest BCUT2D eigenvalue weighted by Crippen LogP contribution is 2.25. The van der Waals surface area contributed by atoms with Crippen LogP contribution in [0.2, 0.25) is 0 Å². The van der Waals surface area contributed by atoms with E-state index in [-0.39, 0.29) is 18.8 Å². The third kappa shape index (κ3) is 72.2. The molecule has 0 aromatic carbocycles. The van der Waals surface area contributed by atoms with Crippen molar-refractivity contribution in [3.05, 3.63) is 12.2 Å². The molecule has 0 heterocycles. The molecule has 0 aromatic rings. The number of carboxylic acid groups (broad SMARTS) is 1. The van der Waals surface area contributed by atoms with Gasteiger partial charge in [-0.25, -0.2) is 9.36 Å². The highest BCUT2D eigenvalue weighted by Gasteiger charge is 2.00. The molecule has 0 bridgehead atoms. The third-order valence-corrected chi connectivity index (χ3v) is 0.681. The van der Waals surface area contributed by atoms with Crippen molar-refractivity contribution >= 4 is 13.8 Å². The predicted octanol–water partition coefficient (Wildman–Crippen LogP) is -0.920. The Labute approximate surface area is 92.7 Å². The molecular formula is C7H17O8P. The standard InChI is InChI=1S/C4H6O2.C3H8O2.H3O4P/c1-3(2)4(5)6;4-2-1-3-5;1-5(2,3)4/h1H2,2H3,(H,5,6);4-5H,1-3H2;(H3,1,2,3,4). The van der Waals surface area contributed by atoms with Gasteiger partial charge in [-0.2, -0.15) is 0 Å². The van der Waals surface area contributed by atoms with Crippen molar-refractivity contribution in [2.24, 2.45) is 0 Å². The molecule has 0 rings (SSSR count). The Morgan fingerprint density at radius 2 is 1.38 bits per heavy atom. The second-order valence-corrected chi connectivity index (χ2v) is 3.43. The molecule has 0 saturated heterocycles. The molecule has 9 heteroatoms. The molecule has 0 atom stereocenters. The zero-order valence-electron chi connectivity index (χ0n) is 8.78. The normalized spacial score (nSPS) is 9.12. The van der Waals surface area contributed by atoms with Gasteiger partial charge in [0, 0.05) is 18.8 Å². The number of carbonyl (C=O) groups is 1. The van der Waals surface area contributed by atoms with Gasteiger partial charge in [0.15, 0.2) is 0 Å². The summed E-state index contributed by atoms with van der Waals surface area (Å²) in [5, 5.41) is 23.7. The van der Waals surface area contributed by atoms with Gasteiger partial charge in [-0.05, 0) is 13.3 Å². The van der Waals surface area contributed by atoms with Crippen LogP contribution in [-0.4, -0.2) is 49.2 Å². The van der Waals surface area contributed by atoms with E-state index >= 15 is 0 Å². The van der Waals surface area contributed by atoms with Crippen LogP contribution in [0.3, 0.4) is 0 Å². The molecule has 0 aliphatic rings. The minimum Gasteiger partial charge on any atom is -0.478 e. The minimum absolute atomic E-state index is 0.0938. The van der Waals surface area contributed by atoms with Crippen LogP contribution in [-0.2, 0) is 9.36 Å². The van der Waals surface area contributed by atoms with Gasteiger partial charge in [-0.3, -0.25) is 0 Å². The van der Waals surface area contributed by atoms with E-state index in [9.17, 15) is 4.79 Å². The van der Waals surface area contributed by atoms with E-state index in [0.717, 1.165) is 0 Å². The first-order valence-corrected chi connectivity index (χ1v) is 5.51. The SMILES string of the molecule is C=C(C)C(=O)O.O=P(O)(O)O.OCCCO. The fourth-order valence-electron chi connectivity index (χ4n) is 0.0707. The van der Waals surface area contributed by atoms with Crippen LogP contribution in [0, 0.1) is 0 Å². The number of phosphoric acid groups is 1. The molecule has 0 fully saturated rings. The number of aliphatic hydroxyl groups excluding tert-OH is 2. The lowest BCUT2D eigenvalue weighted by Crippen LogP contribution is -1.92. The van der Waals surface area contributed by atoms with Crippen LogP contribution in [0.25, 0.3) is 0 Å². The predicted molar refractivity (Wildman–Crippen MR) is 55.5 cm³/mol. The molecular weight excluding hydrogens is 243 g/mol. The van der Waals surface area contributed by atoms with Crippen LogP contribution in [0.4, 0.5) is 0 Å². The first kappa shape index (κ1) is 20.6. The Morgan fingerprint density at radius 1 is 1.19 bits per heavy atom. The van der Waals surface area contributed by atoms with Gasteiger partial charge < -0.3 is 30.0 Å². The van der Waals surface area contributed by atoms with Gasteiger partial charge in [0.25, 0.3) is 0 Å². The molecule has 0 aromatic heterocycles. The summed E-state index contributed by atoms with van der Waals surface area (Å²) in [5.41, 5.74) is 0.176. The average Bonchev–Trinajstić information content (AvgIpc) is 2.03. The van der Waals surface area contributed by atoms with Crippen molar-refractivity contribution in [1.29, 1.82) is 0 Å². The van der Waals surface area contributed by atoms with Crippen molar-refractivity contribution in [3.8, 4) is 0 Å².